The zero-order valence-electron chi connectivity index (χ0n) is 16.8. The van der Waals surface area contributed by atoms with Crippen LogP contribution in [0.25, 0.3) is 10.8 Å². The van der Waals surface area contributed by atoms with Gasteiger partial charge in [0.15, 0.2) is 6.61 Å². The third-order valence-corrected chi connectivity index (χ3v) is 5.42. The lowest BCUT2D eigenvalue weighted by Crippen LogP contribution is -2.48. The van der Waals surface area contributed by atoms with Crippen LogP contribution in [0.5, 0.6) is 5.75 Å². The van der Waals surface area contributed by atoms with Crippen molar-refractivity contribution in [2.24, 2.45) is 5.73 Å². The number of ether oxygens (including phenoxy) is 1. The highest BCUT2D eigenvalue weighted by atomic mass is 16.5. The molecule has 2 N–H and O–H groups in total. The predicted octanol–water partition coefficient (Wildman–Crippen LogP) is 2.66. The first-order valence-corrected chi connectivity index (χ1v) is 10.1. The lowest BCUT2D eigenvalue weighted by Gasteiger charge is -2.35. The van der Waals surface area contributed by atoms with E-state index >= 15 is 0 Å². The van der Waals surface area contributed by atoms with Crippen molar-refractivity contribution in [2.75, 3.05) is 32.8 Å². The molecule has 154 valence electrons. The van der Waals surface area contributed by atoms with Crippen molar-refractivity contribution >= 4 is 22.6 Å². The number of fused-ring (bicyclic) bond motifs is 1. The standard InChI is InChI=1S/C24H25N3O3/c25-23(28)17-30-21-10-8-19(9-11-21)24(29)27-14-12-26(13-15-27)16-20-6-3-5-18-4-1-2-7-22(18)20/h1-11H,12-17H2,(H2,25,28). The van der Waals surface area contributed by atoms with Gasteiger partial charge >= 0.3 is 0 Å². The molecule has 0 radical (unpaired) electrons. The highest BCUT2D eigenvalue weighted by molar-refractivity contribution is 5.94. The van der Waals surface area contributed by atoms with E-state index in [0.29, 0.717) is 24.4 Å². The molecule has 3 aromatic carbocycles. The predicted molar refractivity (Wildman–Crippen MR) is 116 cm³/mol. The highest BCUT2D eigenvalue weighted by Crippen LogP contribution is 2.21. The fourth-order valence-electron chi connectivity index (χ4n) is 3.81. The summed E-state index contributed by atoms with van der Waals surface area (Å²) in [6.45, 7) is 3.79. The average molecular weight is 403 g/mol. The van der Waals surface area contributed by atoms with Gasteiger partial charge in [-0.25, -0.2) is 0 Å². The summed E-state index contributed by atoms with van der Waals surface area (Å²) in [4.78, 5) is 27.9. The molecule has 0 aromatic heterocycles. The number of carbonyl (C=O) groups excluding carboxylic acids is 2. The molecule has 0 saturated carbocycles. The molecule has 1 saturated heterocycles. The van der Waals surface area contributed by atoms with Gasteiger partial charge < -0.3 is 15.4 Å². The molecular weight excluding hydrogens is 378 g/mol. The Hall–Kier alpha value is -3.38. The van der Waals surface area contributed by atoms with Gasteiger partial charge in [0, 0.05) is 38.3 Å². The number of rotatable bonds is 6. The molecule has 30 heavy (non-hydrogen) atoms. The maximum atomic E-state index is 12.8. The molecule has 6 nitrogen and oxygen atoms in total. The largest absolute Gasteiger partial charge is 0.484 e. The third kappa shape index (κ3) is 4.60. The smallest absolute Gasteiger partial charge is 0.255 e. The van der Waals surface area contributed by atoms with Gasteiger partial charge in [-0.05, 0) is 40.6 Å². The Morgan fingerprint density at radius 1 is 0.867 bits per heavy atom. The zero-order chi connectivity index (χ0) is 20.9. The fraction of sp³-hybridized carbons (Fsp3) is 0.250. The Morgan fingerprint density at radius 3 is 2.30 bits per heavy atom. The minimum absolute atomic E-state index is 0.0151. The van der Waals surface area contributed by atoms with E-state index in [1.54, 1.807) is 24.3 Å². The van der Waals surface area contributed by atoms with Crippen LogP contribution in [-0.2, 0) is 11.3 Å². The molecule has 0 aliphatic carbocycles. The van der Waals surface area contributed by atoms with Crippen LogP contribution in [-0.4, -0.2) is 54.4 Å². The lowest BCUT2D eigenvalue weighted by molar-refractivity contribution is -0.119. The maximum absolute atomic E-state index is 12.8. The van der Waals surface area contributed by atoms with Gasteiger partial charge in [-0.3, -0.25) is 14.5 Å². The first-order chi connectivity index (χ1) is 14.6. The van der Waals surface area contributed by atoms with Crippen molar-refractivity contribution in [3.63, 3.8) is 0 Å². The highest BCUT2D eigenvalue weighted by Gasteiger charge is 2.22. The molecule has 2 amide bonds. The van der Waals surface area contributed by atoms with Crippen LogP contribution in [0.15, 0.2) is 66.7 Å². The quantitative estimate of drug-likeness (QED) is 0.687. The van der Waals surface area contributed by atoms with Gasteiger partial charge in [0.25, 0.3) is 11.8 Å². The Kier molecular flexibility index (Phi) is 5.95. The number of primary amides is 1. The number of hydrogen-bond donors (Lipinski definition) is 1. The topological polar surface area (TPSA) is 75.9 Å². The number of amides is 2. The van der Waals surface area contributed by atoms with E-state index in [2.05, 4.69) is 47.4 Å². The number of benzene rings is 3. The molecule has 1 fully saturated rings. The van der Waals surface area contributed by atoms with Crippen LogP contribution in [0.2, 0.25) is 0 Å². The maximum Gasteiger partial charge on any atom is 0.255 e. The van der Waals surface area contributed by atoms with E-state index in [-0.39, 0.29) is 12.5 Å². The van der Waals surface area contributed by atoms with Gasteiger partial charge in [0.2, 0.25) is 0 Å². The average Bonchev–Trinajstić information content (AvgIpc) is 2.78. The summed E-state index contributed by atoms with van der Waals surface area (Å²) in [5.74, 6) is 0.00282. The number of piperazine rings is 1. The molecule has 6 heteroatoms. The van der Waals surface area contributed by atoms with Crippen molar-refractivity contribution in [2.45, 2.75) is 6.54 Å². The minimum atomic E-state index is -0.531. The monoisotopic (exact) mass is 403 g/mol. The number of nitrogens with zero attached hydrogens (tertiary/aromatic N) is 2. The van der Waals surface area contributed by atoms with Crippen molar-refractivity contribution in [3.8, 4) is 5.75 Å². The molecule has 1 aliphatic rings. The fourth-order valence-corrected chi connectivity index (χ4v) is 3.81. The van der Waals surface area contributed by atoms with E-state index in [0.717, 1.165) is 19.6 Å². The first kappa shape index (κ1) is 19.9. The molecule has 1 heterocycles. The van der Waals surface area contributed by atoms with Crippen molar-refractivity contribution < 1.29 is 14.3 Å². The SMILES string of the molecule is NC(=O)COc1ccc(C(=O)N2CCN(Cc3cccc4ccccc34)CC2)cc1. The van der Waals surface area contributed by atoms with Crippen LogP contribution in [0.4, 0.5) is 0 Å². The number of carbonyl (C=O) groups is 2. The van der Waals surface area contributed by atoms with Gasteiger partial charge in [0.05, 0.1) is 0 Å². The van der Waals surface area contributed by atoms with E-state index in [4.69, 9.17) is 10.5 Å². The molecule has 0 atom stereocenters. The Morgan fingerprint density at radius 2 is 1.57 bits per heavy atom. The molecule has 3 aromatic rings. The van der Waals surface area contributed by atoms with Crippen molar-refractivity contribution in [1.29, 1.82) is 0 Å². The number of nitrogens with two attached hydrogens (primary N) is 1. The van der Waals surface area contributed by atoms with Crippen LogP contribution in [0, 0.1) is 0 Å². The second kappa shape index (κ2) is 8.97. The molecule has 4 rings (SSSR count). The van der Waals surface area contributed by atoms with Gasteiger partial charge in [-0.1, -0.05) is 42.5 Å². The van der Waals surface area contributed by atoms with Gasteiger partial charge in [0.1, 0.15) is 5.75 Å². The first-order valence-electron chi connectivity index (χ1n) is 10.1. The Balaban J connectivity index is 1.34. The second-order valence-corrected chi connectivity index (χ2v) is 7.49. The molecule has 0 spiro atoms. The summed E-state index contributed by atoms with van der Waals surface area (Å²) in [6, 6.07) is 21.7. The summed E-state index contributed by atoms with van der Waals surface area (Å²) in [5.41, 5.74) is 7.01. The van der Waals surface area contributed by atoms with Crippen LogP contribution < -0.4 is 10.5 Å². The summed E-state index contributed by atoms with van der Waals surface area (Å²) >= 11 is 0. The molecule has 0 unspecified atom stereocenters. The molecule has 1 aliphatic heterocycles. The van der Waals surface area contributed by atoms with Crippen molar-refractivity contribution in [3.05, 3.63) is 77.9 Å². The normalized spacial score (nSPS) is 14.6. The number of hydrogen-bond acceptors (Lipinski definition) is 4. The Labute approximate surface area is 175 Å². The zero-order valence-corrected chi connectivity index (χ0v) is 16.8. The molecule has 0 bridgehead atoms. The third-order valence-electron chi connectivity index (χ3n) is 5.42. The van der Waals surface area contributed by atoms with E-state index in [1.807, 2.05) is 4.90 Å². The summed E-state index contributed by atoms with van der Waals surface area (Å²) in [6.07, 6.45) is 0. The van der Waals surface area contributed by atoms with Gasteiger partial charge in [-0.2, -0.15) is 0 Å². The molecular formula is C24H25N3O3. The lowest BCUT2D eigenvalue weighted by atomic mass is 10.0. The minimum Gasteiger partial charge on any atom is -0.484 e. The van der Waals surface area contributed by atoms with Gasteiger partial charge in [-0.15, -0.1) is 0 Å². The summed E-state index contributed by atoms with van der Waals surface area (Å²) in [7, 11) is 0. The van der Waals surface area contributed by atoms with Crippen LogP contribution >= 0.6 is 0 Å². The van der Waals surface area contributed by atoms with E-state index in [1.165, 1.54) is 16.3 Å². The van der Waals surface area contributed by atoms with Crippen LogP contribution in [0.1, 0.15) is 15.9 Å². The van der Waals surface area contributed by atoms with E-state index < -0.39 is 5.91 Å². The van der Waals surface area contributed by atoms with E-state index in [9.17, 15) is 9.59 Å². The second-order valence-electron chi connectivity index (χ2n) is 7.49. The Bertz CT molecular complexity index is 1040. The summed E-state index contributed by atoms with van der Waals surface area (Å²) in [5, 5.41) is 2.55. The van der Waals surface area contributed by atoms with Crippen LogP contribution in [0.3, 0.4) is 0 Å². The summed E-state index contributed by atoms with van der Waals surface area (Å²) < 4.78 is 5.24. The van der Waals surface area contributed by atoms with Crippen molar-refractivity contribution in [1.82, 2.24) is 9.80 Å².